The van der Waals surface area contributed by atoms with Crippen molar-refractivity contribution in [2.24, 2.45) is 0 Å². The van der Waals surface area contributed by atoms with Crippen LogP contribution in [-0.2, 0) is 4.79 Å². The van der Waals surface area contributed by atoms with Crippen LogP contribution in [0.2, 0.25) is 0 Å². The molecule has 1 aliphatic heterocycles. The molecule has 2 N–H and O–H groups in total. The molecule has 0 saturated carbocycles. The molecule has 1 amide bonds. The number of hydrogen-bond acceptors (Lipinski definition) is 5. The standard InChI is InChI=1S/C16H20N4O3/c1-12(21)18-13-3-4-15(14(11-13)16(22)23)20-9-7-19(8-10-20)6-2-5-17/h3-4,11H,2,6-10H2,1H3,(H,18,21)(H,22,23). The van der Waals surface area contributed by atoms with Crippen molar-refractivity contribution in [2.75, 3.05) is 42.9 Å². The molecule has 1 fully saturated rings. The zero-order valence-electron chi connectivity index (χ0n) is 13.1. The van der Waals surface area contributed by atoms with E-state index in [1.54, 1.807) is 12.1 Å². The normalized spacial score (nSPS) is 15.0. The Hall–Kier alpha value is -2.59. The summed E-state index contributed by atoms with van der Waals surface area (Å²) in [5, 5.41) is 20.7. The highest BCUT2D eigenvalue weighted by Crippen LogP contribution is 2.25. The topological polar surface area (TPSA) is 96.7 Å². The number of anilines is 2. The Balaban J connectivity index is 2.12. The number of amides is 1. The Morgan fingerprint density at radius 1 is 1.30 bits per heavy atom. The van der Waals surface area contributed by atoms with Crippen LogP contribution in [0.4, 0.5) is 11.4 Å². The molecule has 23 heavy (non-hydrogen) atoms. The molecule has 0 bridgehead atoms. The van der Waals surface area contributed by atoms with Gasteiger partial charge in [-0.05, 0) is 18.2 Å². The van der Waals surface area contributed by atoms with Gasteiger partial charge in [0.1, 0.15) is 0 Å². The predicted octanol–water partition coefficient (Wildman–Crippen LogP) is 1.38. The molecule has 1 aliphatic rings. The maximum Gasteiger partial charge on any atom is 0.337 e. The Labute approximate surface area is 135 Å². The fraction of sp³-hybridized carbons (Fsp3) is 0.438. The molecule has 0 atom stereocenters. The molecule has 7 heteroatoms. The van der Waals surface area contributed by atoms with E-state index < -0.39 is 5.97 Å². The second-order valence-corrected chi connectivity index (χ2v) is 5.46. The fourth-order valence-corrected chi connectivity index (χ4v) is 2.68. The fourth-order valence-electron chi connectivity index (χ4n) is 2.68. The van der Waals surface area contributed by atoms with Crippen LogP contribution in [0.5, 0.6) is 0 Å². The number of carboxylic acid groups (broad SMARTS) is 1. The highest BCUT2D eigenvalue weighted by molar-refractivity contribution is 5.97. The third kappa shape index (κ3) is 4.44. The van der Waals surface area contributed by atoms with Crippen LogP contribution in [0.1, 0.15) is 23.7 Å². The van der Waals surface area contributed by atoms with Crippen molar-refractivity contribution in [1.82, 2.24) is 4.90 Å². The number of piperazine rings is 1. The maximum absolute atomic E-state index is 11.5. The minimum Gasteiger partial charge on any atom is -0.478 e. The molecule has 1 aromatic rings. The lowest BCUT2D eigenvalue weighted by Crippen LogP contribution is -2.47. The van der Waals surface area contributed by atoms with Gasteiger partial charge >= 0.3 is 5.97 Å². The van der Waals surface area contributed by atoms with Gasteiger partial charge in [0.25, 0.3) is 0 Å². The van der Waals surface area contributed by atoms with Crippen molar-refractivity contribution in [2.45, 2.75) is 13.3 Å². The first-order chi connectivity index (χ1) is 11.0. The molecule has 0 radical (unpaired) electrons. The molecule has 1 heterocycles. The van der Waals surface area contributed by atoms with Gasteiger partial charge in [0, 0.05) is 51.8 Å². The lowest BCUT2D eigenvalue weighted by atomic mass is 10.1. The molecule has 7 nitrogen and oxygen atoms in total. The smallest absolute Gasteiger partial charge is 0.337 e. The summed E-state index contributed by atoms with van der Waals surface area (Å²) in [5.74, 6) is -1.25. The molecule has 1 saturated heterocycles. The van der Waals surface area contributed by atoms with E-state index in [1.165, 1.54) is 13.0 Å². The number of carboxylic acids is 1. The number of carbonyl (C=O) groups is 2. The quantitative estimate of drug-likeness (QED) is 0.852. The molecule has 0 aromatic heterocycles. The molecule has 0 spiro atoms. The zero-order valence-corrected chi connectivity index (χ0v) is 13.1. The third-order valence-corrected chi connectivity index (χ3v) is 3.80. The predicted molar refractivity (Wildman–Crippen MR) is 86.6 cm³/mol. The summed E-state index contributed by atoms with van der Waals surface area (Å²) in [6, 6.07) is 7.07. The molecular weight excluding hydrogens is 296 g/mol. The van der Waals surface area contributed by atoms with Crippen LogP contribution in [0.25, 0.3) is 0 Å². The average molecular weight is 316 g/mol. The Morgan fingerprint density at radius 3 is 2.57 bits per heavy atom. The first kappa shape index (κ1) is 16.8. The third-order valence-electron chi connectivity index (χ3n) is 3.80. The Morgan fingerprint density at radius 2 is 2.00 bits per heavy atom. The minimum absolute atomic E-state index is 0.182. The SMILES string of the molecule is CC(=O)Nc1ccc(N2CCN(CCC#N)CC2)c(C(=O)O)c1. The highest BCUT2D eigenvalue weighted by Gasteiger charge is 2.21. The van der Waals surface area contributed by atoms with Gasteiger partial charge in [-0.3, -0.25) is 9.69 Å². The van der Waals surface area contributed by atoms with Crippen molar-refractivity contribution in [3.05, 3.63) is 23.8 Å². The molecule has 0 unspecified atom stereocenters. The van der Waals surface area contributed by atoms with Crippen molar-refractivity contribution in [3.8, 4) is 6.07 Å². The highest BCUT2D eigenvalue weighted by atomic mass is 16.4. The van der Waals surface area contributed by atoms with E-state index >= 15 is 0 Å². The number of hydrogen-bond donors (Lipinski definition) is 2. The van der Waals surface area contributed by atoms with Gasteiger partial charge in [-0.2, -0.15) is 5.26 Å². The van der Waals surface area contributed by atoms with Gasteiger partial charge < -0.3 is 15.3 Å². The summed E-state index contributed by atoms with van der Waals surface area (Å²) in [5.41, 5.74) is 1.32. The molecule has 122 valence electrons. The van der Waals surface area contributed by atoms with E-state index in [0.29, 0.717) is 30.9 Å². The number of nitriles is 1. The van der Waals surface area contributed by atoms with E-state index in [4.69, 9.17) is 5.26 Å². The molecule has 1 aromatic carbocycles. The summed E-state index contributed by atoms with van der Waals surface area (Å²) in [6.07, 6.45) is 0.506. The number of aromatic carboxylic acids is 1. The van der Waals surface area contributed by atoms with Crippen molar-refractivity contribution in [3.63, 3.8) is 0 Å². The van der Waals surface area contributed by atoms with E-state index in [1.807, 2.05) is 4.90 Å². The largest absolute Gasteiger partial charge is 0.478 e. The minimum atomic E-state index is -1.01. The first-order valence-electron chi connectivity index (χ1n) is 7.50. The summed E-state index contributed by atoms with van der Waals surface area (Å²) in [6.45, 7) is 5.16. The van der Waals surface area contributed by atoms with E-state index in [2.05, 4.69) is 16.3 Å². The van der Waals surface area contributed by atoms with Crippen molar-refractivity contribution < 1.29 is 14.7 Å². The average Bonchev–Trinajstić information content (AvgIpc) is 2.53. The van der Waals surface area contributed by atoms with E-state index in [0.717, 1.165) is 19.6 Å². The monoisotopic (exact) mass is 316 g/mol. The Kier molecular flexibility index (Phi) is 5.55. The number of nitrogens with one attached hydrogen (secondary N) is 1. The van der Waals surface area contributed by atoms with Gasteiger partial charge in [0.15, 0.2) is 0 Å². The first-order valence-corrected chi connectivity index (χ1v) is 7.50. The van der Waals surface area contributed by atoms with Gasteiger partial charge in [0.05, 0.1) is 17.3 Å². The summed E-state index contributed by atoms with van der Waals surface area (Å²) in [7, 11) is 0. The lowest BCUT2D eigenvalue weighted by Gasteiger charge is -2.36. The van der Waals surface area contributed by atoms with Gasteiger partial charge in [0.2, 0.25) is 5.91 Å². The zero-order chi connectivity index (χ0) is 16.8. The van der Waals surface area contributed by atoms with Crippen LogP contribution in [0, 0.1) is 11.3 Å². The molecule has 0 aliphatic carbocycles. The van der Waals surface area contributed by atoms with Crippen LogP contribution in [0.15, 0.2) is 18.2 Å². The number of nitrogens with zero attached hydrogens (tertiary/aromatic N) is 3. The number of carbonyl (C=O) groups excluding carboxylic acids is 1. The van der Waals surface area contributed by atoms with Crippen LogP contribution in [0.3, 0.4) is 0 Å². The van der Waals surface area contributed by atoms with Crippen molar-refractivity contribution in [1.29, 1.82) is 5.26 Å². The van der Waals surface area contributed by atoms with Gasteiger partial charge in [-0.25, -0.2) is 4.79 Å². The molecular formula is C16H20N4O3. The lowest BCUT2D eigenvalue weighted by molar-refractivity contribution is -0.114. The summed E-state index contributed by atoms with van der Waals surface area (Å²) < 4.78 is 0. The summed E-state index contributed by atoms with van der Waals surface area (Å²) in [4.78, 5) is 26.9. The van der Waals surface area contributed by atoms with Crippen LogP contribution >= 0.6 is 0 Å². The summed E-state index contributed by atoms with van der Waals surface area (Å²) >= 11 is 0. The van der Waals surface area contributed by atoms with Gasteiger partial charge in [-0.15, -0.1) is 0 Å². The second kappa shape index (κ2) is 7.61. The second-order valence-electron chi connectivity index (χ2n) is 5.46. The maximum atomic E-state index is 11.5. The van der Waals surface area contributed by atoms with E-state index in [-0.39, 0.29) is 11.5 Å². The Bertz CT molecular complexity index is 631. The molecule has 2 rings (SSSR count). The van der Waals surface area contributed by atoms with E-state index in [9.17, 15) is 14.7 Å². The number of rotatable bonds is 5. The van der Waals surface area contributed by atoms with Crippen LogP contribution in [-0.4, -0.2) is 54.6 Å². The number of benzene rings is 1. The van der Waals surface area contributed by atoms with Crippen molar-refractivity contribution >= 4 is 23.3 Å². The van der Waals surface area contributed by atoms with Crippen LogP contribution < -0.4 is 10.2 Å². The van der Waals surface area contributed by atoms with Gasteiger partial charge in [-0.1, -0.05) is 0 Å².